The standard InChI is InChI=1S/C16H18ClN5O3/c17-12-7-4-3-6-11(12)15(24)19-18-14(23)10-22-16(25)21-9-5-1-2-8-13(21)20-22/h3-4,6-7H,1-2,5,8-10H2,(H,18,23)(H,19,24). The van der Waals surface area contributed by atoms with Crippen molar-refractivity contribution in [3.05, 3.63) is 51.2 Å². The maximum Gasteiger partial charge on any atom is 0.346 e. The number of rotatable bonds is 3. The van der Waals surface area contributed by atoms with Gasteiger partial charge in [-0.3, -0.25) is 25.0 Å². The number of fused-ring (bicyclic) bond motifs is 1. The summed E-state index contributed by atoms with van der Waals surface area (Å²) in [4.78, 5) is 36.3. The Labute approximate surface area is 148 Å². The van der Waals surface area contributed by atoms with Gasteiger partial charge >= 0.3 is 5.69 Å². The van der Waals surface area contributed by atoms with Crippen molar-refractivity contribution in [2.24, 2.45) is 0 Å². The largest absolute Gasteiger partial charge is 0.346 e. The highest BCUT2D eigenvalue weighted by Gasteiger charge is 2.17. The summed E-state index contributed by atoms with van der Waals surface area (Å²) >= 11 is 5.92. The SMILES string of the molecule is O=C(Cn1nc2n(c1=O)CCCCC2)NNC(=O)c1ccccc1Cl. The average Bonchev–Trinajstić information content (AvgIpc) is 2.77. The predicted octanol–water partition coefficient (Wildman–Crippen LogP) is 0.886. The molecule has 1 aromatic carbocycles. The molecule has 1 aromatic heterocycles. The van der Waals surface area contributed by atoms with E-state index in [1.54, 1.807) is 28.8 Å². The zero-order valence-electron chi connectivity index (χ0n) is 13.5. The molecule has 9 heteroatoms. The Hall–Kier alpha value is -2.61. The van der Waals surface area contributed by atoms with Crippen LogP contribution in [0.1, 0.15) is 35.4 Å². The van der Waals surface area contributed by atoms with Gasteiger partial charge in [0, 0.05) is 13.0 Å². The minimum Gasteiger partial charge on any atom is -0.279 e. The van der Waals surface area contributed by atoms with Gasteiger partial charge in [0.15, 0.2) is 0 Å². The molecule has 8 nitrogen and oxygen atoms in total. The van der Waals surface area contributed by atoms with E-state index < -0.39 is 11.8 Å². The van der Waals surface area contributed by atoms with E-state index in [1.807, 2.05) is 0 Å². The summed E-state index contributed by atoms with van der Waals surface area (Å²) in [5.74, 6) is -0.377. The second-order valence-corrected chi connectivity index (χ2v) is 6.21. The number of carbonyl (C=O) groups is 2. The first-order valence-corrected chi connectivity index (χ1v) is 8.44. The fraction of sp³-hybridized carbons (Fsp3) is 0.375. The molecule has 132 valence electrons. The van der Waals surface area contributed by atoms with Gasteiger partial charge in [-0.15, -0.1) is 0 Å². The molecule has 1 aliphatic heterocycles. The van der Waals surface area contributed by atoms with Gasteiger partial charge < -0.3 is 0 Å². The summed E-state index contributed by atoms with van der Waals surface area (Å²) in [5, 5.41) is 4.50. The van der Waals surface area contributed by atoms with Gasteiger partial charge in [-0.25, -0.2) is 9.48 Å². The van der Waals surface area contributed by atoms with Crippen LogP contribution in [-0.4, -0.2) is 26.2 Å². The maximum absolute atomic E-state index is 12.3. The molecular formula is C16H18ClN5O3. The fourth-order valence-electron chi connectivity index (χ4n) is 2.74. The first-order chi connectivity index (χ1) is 12.1. The number of aryl methyl sites for hydroxylation is 1. The lowest BCUT2D eigenvalue weighted by molar-refractivity contribution is -0.122. The van der Waals surface area contributed by atoms with Gasteiger partial charge in [0.1, 0.15) is 12.4 Å². The lowest BCUT2D eigenvalue weighted by atomic mass is 10.2. The van der Waals surface area contributed by atoms with Crippen molar-refractivity contribution >= 4 is 23.4 Å². The monoisotopic (exact) mass is 363 g/mol. The average molecular weight is 364 g/mol. The molecule has 0 spiro atoms. The zero-order chi connectivity index (χ0) is 17.8. The van der Waals surface area contributed by atoms with Crippen LogP contribution in [0.5, 0.6) is 0 Å². The summed E-state index contributed by atoms with van der Waals surface area (Å²) in [5.41, 5.74) is 4.49. The molecule has 3 rings (SSSR count). The van der Waals surface area contributed by atoms with Crippen molar-refractivity contribution in [2.75, 3.05) is 0 Å². The van der Waals surface area contributed by atoms with E-state index in [4.69, 9.17) is 11.6 Å². The lowest BCUT2D eigenvalue weighted by Crippen LogP contribution is -2.44. The smallest absolute Gasteiger partial charge is 0.279 e. The molecule has 2 aromatic rings. The highest BCUT2D eigenvalue weighted by molar-refractivity contribution is 6.33. The number of carbonyl (C=O) groups excluding carboxylic acids is 2. The Morgan fingerprint density at radius 1 is 1.16 bits per heavy atom. The molecule has 0 atom stereocenters. The first kappa shape index (κ1) is 17.2. The van der Waals surface area contributed by atoms with Gasteiger partial charge in [-0.05, 0) is 25.0 Å². The third kappa shape index (κ3) is 3.90. The summed E-state index contributed by atoms with van der Waals surface area (Å²) in [6.07, 6.45) is 3.71. The summed E-state index contributed by atoms with van der Waals surface area (Å²) in [6.45, 7) is 0.362. The van der Waals surface area contributed by atoms with E-state index in [0.29, 0.717) is 12.4 Å². The molecule has 0 bridgehead atoms. The van der Waals surface area contributed by atoms with Crippen molar-refractivity contribution in [3.63, 3.8) is 0 Å². The Balaban J connectivity index is 1.61. The summed E-state index contributed by atoms with van der Waals surface area (Å²) < 4.78 is 2.74. The number of hydrogen-bond acceptors (Lipinski definition) is 4. The fourth-order valence-corrected chi connectivity index (χ4v) is 2.96. The highest BCUT2D eigenvalue weighted by Crippen LogP contribution is 2.14. The Bertz CT molecular complexity index is 858. The van der Waals surface area contributed by atoms with Crippen molar-refractivity contribution in [2.45, 2.75) is 38.8 Å². The summed E-state index contributed by atoms with van der Waals surface area (Å²) in [7, 11) is 0. The number of benzene rings is 1. The Morgan fingerprint density at radius 2 is 1.96 bits per heavy atom. The molecule has 0 fully saturated rings. The molecule has 0 radical (unpaired) electrons. The highest BCUT2D eigenvalue weighted by atomic mass is 35.5. The first-order valence-electron chi connectivity index (χ1n) is 8.06. The van der Waals surface area contributed by atoms with Gasteiger partial charge in [-0.2, -0.15) is 5.10 Å². The van der Waals surface area contributed by atoms with E-state index in [-0.39, 0.29) is 22.8 Å². The zero-order valence-corrected chi connectivity index (χ0v) is 14.3. The second kappa shape index (κ2) is 7.52. The minimum atomic E-state index is -0.546. The molecule has 0 saturated heterocycles. The molecule has 2 heterocycles. The maximum atomic E-state index is 12.3. The van der Waals surface area contributed by atoms with Crippen molar-refractivity contribution in [1.82, 2.24) is 25.2 Å². The Kier molecular flexibility index (Phi) is 5.18. The van der Waals surface area contributed by atoms with Crippen molar-refractivity contribution in [1.29, 1.82) is 0 Å². The topological polar surface area (TPSA) is 98.0 Å². The van der Waals surface area contributed by atoms with Gasteiger partial charge in [0.25, 0.3) is 11.8 Å². The van der Waals surface area contributed by atoms with E-state index >= 15 is 0 Å². The number of hydrazine groups is 1. The minimum absolute atomic E-state index is 0.246. The molecule has 2 amide bonds. The molecule has 0 aliphatic carbocycles. The van der Waals surface area contributed by atoms with E-state index in [1.165, 1.54) is 0 Å². The van der Waals surface area contributed by atoms with Crippen LogP contribution in [0, 0.1) is 0 Å². The molecule has 2 N–H and O–H groups in total. The predicted molar refractivity (Wildman–Crippen MR) is 91.1 cm³/mol. The van der Waals surface area contributed by atoms with Gasteiger partial charge in [0.2, 0.25) is 0 Å². The molecular weight excluding hydrogens is 346 g/mol. The number of aromatic nitrogens is 3. The van der Waals surface area contributed by atoms with Gasteiger partial charge in [-0.1, -0.05) is 30.2 Å². The number of halogens is 1. The van der Waals surface area contributed by atoms with E-state index in [2.05, 4.69) is 16.0 Å². The van der Waals surface area contributed by atoms with Crippen molar-refractivity contribution < 1.29 is 9.59 Å². The van der Waals surface area contributed by atoms with Crippen LogP contribution >= 0.6 is 11.6 Å². The molecule has 0 unspecified atom stereocenters. The van der Waals surface area contributed by atoms with Crippen molar-refractivity contribution in [3.8, 4) is 0 Å². The molecule has 25 heavy (non-hydrogen) atoms. The van der Waals surface area contributed by atoms with Crippen LogP contribution in [0.4, 0.5) is 0 Å². The number of nitrogens with one attached hydrogen (secondary N) is 2. The van der Waals surface area contributed by atoms with E-state index in [9.17, 15) is 14.4 Å². The third-order valence-electron chi connectivity index (χ3n) is 4.01. The summed E-state index contributed by atoms with van der Waals surface area (Å²) in [6, 6.07) is 6.49. The molecule has 1 aliphatic rings. The van der Waals surface area contributed by atoms with Crippen LogP contribution in [0.25, 0.3) is 0 Å². The van der Waals surface area contributed by atoms with Crippen LogP contribution in [0.2, 0.25) is 5.02 Å². The number of nitrogens with zero attached hydrogens (tertiary/aromatic N) is 3. The second-order valence-electron chi connectivity index (χ2n) is 5.80. The number of hydrogen-bond donors (Lipinski definition) is 2. The lowest BCUT2D eigenvalue weighted by Gasteiger charge is -2.08. The van der Waals surface area contributed by atoms with Crippen LogP contribution < -0.4 is 16.5 Å². The van der Waals surface area contributed by atoms with Gasteiger partial charge in [0.05, 0.1) is 10.6 Å². The quantitative estimate of drug-likeness (QED) is 0.791. The third-order valence-corrected chi connectivity index (χ3v) is 4.34. The number of amides is 2. The Morgan fingerprint density at radius 3 is 2.76 bits per heavy atom. The van der Waals surface area contributed by atoms with E-state index in [0.717, 1.165) is 30.4 Å². The molecule has 0 saturated carbocycles. The van der Waals surface area contributed by atoms with Crippen LogP contribution in [0.15, 0.2) is 29.1 Å². The van der Waals surface area contributed by atoms with Crippen LogP contribution in [-0.2, 0) is 24.3 Å². The normalized spacial score (nSPS) is 13.6. The van der Waals surface area contributed by atoms with Crippen LogP contribution in [0.3, 0.4) is 0 Å².